The lowest BCUT2D eigenvalue weighted by molar-refractivity contribution is -0.120. The van der Waals surface area contributed by atoms with Crippen LogP contribution in [0.3, 0.4) is 0 Å². The second-order valence-electron chi connectivity index (χ2n) is 6.42. The minimum Gasteiger partial charge on any atom is -0.350 e. The monoisotopic (exact) mass is 388 g/mol. The molecule has 2 aromatic carbocycles. The van der Waals surface area contributed by atoms with Gasteiger partial charge < -0.3 is 5.32 Å². The number of halogens is 2. The van der Waals surface area contributed by atoms with Crippen LogP contribution in [-0.4, -0.2) is 11.8 Å². The molecule has 1 aliphatic heterocycles. The van der Waals surface area contributed by atoms with Crippen molar-refractivity contribution in [2.75, 3.05) is 10.2 Å². The van der Waals surface area contributed by atoms with E-state index in [1.807, 2.05) is 24.3 Å². The van der Waals surface area contributed by atoms with E-state index in [0.29, 0.717) is 27.9 Å². The van der Waals surface area contributed by atoms with Crippen LogP contribution < -0.4 is 10.2 Å². The number of rotatable bonds is 4. The number of benzene rings is 2. The average molecular weight is 389 g/mol. The Kier molecular flexibility index (Phi) is 5.08. The standard InChI is InChI=1S/C20H18Cl2N2O2/c1-11(2)13-7-9-14(10-8-13)23-18-17(22)19(25)24(20(18)26)16-6-4-5-15(21)12(16)3/h4-11,23H,1-3H3. The molecule has 134 valence electrons. The Bertz CT molecular complexity index is 918. The van der Waals surface area contributed by atoms with Crippen LogP contribution in [-0.2, 0) is 9.59 Å². The Balaban J connectivity index is 1.90. The van der Waals surface area contributed by atoms with Crippen molar-refractivity contribution in [3.63, 3.8) is 0 Å². The predicted molar refractivity (Wildman–Crippen MR) is 106 cm³/mol. The van der Waals surface area contributed by atoms with Crippen LogP contribution >= 0.6 is 23.2 Å². The molecule has 1 N–H and O–H groups in total. The molecule has 1 aliphatic rings. The predicted octanol–water partition coefficient (Wildman–Crippen LogP) is 5.21. The molecule has 2 amide bonds. The van der Waals surface area contributed by atoms with E-state index in [0.717, 1.165) is 4.90 Å². The van der Waals surface area contributed by atoms with Gasteiger partial charge in [0.25, 0.3) is 11.8 Å². The maximum Gasteiger partial charge on any atom is 0.283 e. The molecule has 0 unspecified atom stereocenters. The Morgan fingerprint density at radius 2 is 1.62 bits per heavy atom. The molecule has 0 saturated heterocycles. The Morgan fingerprint density at radius 3 is 2.23 bits per heavy atom. The Morgan fingerprint density at radius 1 is 0.962 bits per heavy atom. The number of carbonyl (C=O) groups is 2. The van der Waals surface area contributed by atoms with E-state index in [4.69, 9.17) is 23.2 Å². The molecule has 0 radical (unpaired) electrons. The van der Waals surface area contributed by atoms with Gasteiger partial charge in [0.05, 0.1) is 5.69 Å². The first-order valence-corrected chi connectivity index (χ1v) is 8.97. The van der Waals surface area contributed by atoms with E-state index in [2.05, 4.69) is 19.2 Å². The number of imide groups is 1. The van der Waals surface area contributed by atoms with Crippen LogP contribution in [0.4, 0.5) is 11.4 Å². The Hall–Kier alpha value is -2.30. The van der Waals surface area contributed by atoms with Crippen molar-refractivity contribution >= 4 is 46.4 Å². The molecule has 1 heterocycles. The lowest BCUT2D eigenvalue weighted by Gasteiger charge is -2.18. The highest BCUT2D eigenvalue weighted by Gasteiger charge is 2.39. The Labute approximate surface area is 162 Å². The van der Waals surface area contributed by atoms with Crippen molar-refractivity contribution in [3.8, 4) is 0 Å². The lowest BCUT2D eigenvalue weighted by atomic mass is 10.0. The van der Waals surface area contributed by atoms with Gasteiger partial charge in [-0.1, -0.05) is 55.2 Å². The van der Waals surface area contributed by atoms with E-state index < -0.39 is 11.8 Å². The SMILES string of the molecule is Cc1c(Cl)cccc1N1C(=O)C(Cl)=C(Nc2ccc(C(C)C)cc2)C1=O. The smallest absolute Gasteiger partial charge is 0.283 e. The third-order valence-corrected chi connectivity index (χ3v) is 5.11. The van der Waals surface area contributed by atoms with Gasteiger partial charge in [0, 0.05) is 10.7 Å². The van der Waals surface area contributed by atoms with E-state index in [1.165, 1.54) is 5.56 Å². The van der Waals surface area contributed by atoms with Crippen molar-refractivity contribution in [1.82, 2.24) is 0 Å². The van der Waals surface area contributed by atoms with Crippen molar-refractivity contribution in [2.45, 2.75) is 26.7 Å². The summed E-state index contributed by atoms with van der Waals surface area (Å²) in [6, 6.07) is 12.7. The van der Waals surface area contributed by atoms with E-state index in [1.54, 1.807) is 25.1 Å². The van der Waals surface area contributed by atoms with Gasteiger partial charge in [-0.2, -0.15) is 0 Å². The topological polar surface area (TPSA) is 49.4 Å². The lowest BCUT2D eigenvalue weighted by Crippen LogP contribution is -2.32. The second kappa shape index (κ2) is 7.14. The number of anilines is 2. The van der Waals surface area contributed by atoms with Gasteiger partial charge in [0.1, 0.15) is 10.7 Å². The van der Waals surface area contributed by atoms with E-state index in [9.17, 15) is 9.59 Å². The summed E-state index contributed by atoms with van der Waals surface area (Å²) < 4.78 is 0. The van der Waals surface area contributed by atoms with Crippen molar-refractivity contribution in [1.29, 1.82) is 0 Å². The first kappa shape index (κ1) is 18.5. The number of hydrogen-bond acceptors (Lipinski definition) is 3. The summed E-state index contributed by atoms with van der Waals surface area (Å²) >= 11 is 12.3. The van der Waals surface area contributed by atoms with Crippen LogP contribution in [0.15, 0.2) is 53.2 Å². The van der Waals surface area contributed by atoms with Crippen LogP contribution in [0.5, 0.6) is 0 Å². The molecule has 0 spiro atoms. The molecule has 2 aromatic rings. The van der Waals surface area contributed by atoms with Crippen molar-refractivity contribution < 1.29 is 9.59 Å². The average Bonchev–Trinajstić information content (AvgIpc) is 2.82. The van der Waals surface area contributed by atoms with Gasteiger partial charge in [-0.05, 0) is 48.2 Å². The number of nitrogens with zero attached hydrogens (tertiary/aromatic N) is 1. The zero-order valence-corrected chi connectivity index (χ0v) is 16.2. The summed E-state index contributed by atoms with van der Waals surface area (Å²) in [6.45, 7) is 5.96. The zero-order valence-electron chi connectivity index (χ0n) is 14.6. The maximum absolute atomic E-state index is 12.8. The number of amides is 2. The second-order valence-corrected chi connectivity index (χ2v) is 7.21. The van der Waals surface area contributed by atoms with Crippen molar-refractivity contribution in [3.05, 3.63) is 69.3 Å². The summed E-state index contributed by atoms with van der Waals surface area (Å²) in [5, 5.41) is 3.31. The zero-order chi connectivity index (χ0) is 19.0. The van der Waals surface area contributed by atoms with Crippen LogP contribution in [0, 0.1) is 6.92 Å². The maximum atomic E-state index is 12.8. The molecule has 0 bridgehead atoms. The van der Waals surface area contributed by atoms with Gasteiger partial charge >= 0.3 is 0 Å². The highest BCUT2D eigenvalue weighted by atomic mass is 35.5. The molecule has 4 nitrogen and oxygen atoms in total. The molecule has 0 aliphatic carbocycles. The fourth-order valence-electron chi connectivity index (χ4n) is 2.76. The largest absolute Gasteiger partial charge is 0.350 e. The number of hydrogen-bond donors (Lipinski definition) is 1. The minimum atomic E-state index is -0.566. The highest BCUT2D eigenvalue weighted by Crippen LogP contribution is 2.34. The quantitative estimate of drug-likeness (QED) is 0.731. The van der Waals surface area contributed by atoms with Gasteiger partial charge in [-0.3, -0.25) is 9.59 Å². The fraction of sp³-hybridized carbons (Fsp3) is 0.200. The molecule has 3 rings (SSSR count). The number of nitrogens with one attached hydrogen (secondary N) is 1. The molecular formula is C20H18Cl2N2O2. The van der Waals surface area contributed by atoms with Gasteiger partial charge in [0.2, 0.25) is 0 Å². The third kappa shape index (κ3) is 3.22. The minimum absolute atomic E-state index is 0.0633. The van der Waals surface area contributed by atoms with Gasteiger partial charge in [0.15, 0.2) is 0 Å². The molecule has 26 heavy (non-hydrogen) atoms. The third-order valence-electron chi connectivity index (χ3n) is 4.35. The van der Waals surface area contributed by atoms with Gasteiger partial charge in [-0.15, -0.1) is 0 Å². The summed E-state index contributed by atoms with van der Waals surface area (Å²) in [5.74, 6) is -0.663. The molecule has 6 heteroatoms. The highest BCUT2D eigenvalue weighted by molar-refractivity contribution is 6.53. The molecule has 0 fully saturated rings. The summed E-state index contributed by atoms with van der Waals surface area (Å²) in [7, 11) is 0. The molecular weight excluding hydrogens is 371 g/mol. The van der Waals surface area contributed by atoms with Crippen LogP contribution in [0.2, 0.25) is 5.02 Å². The molecule has 0 saturated carbocycles. The van der Waals surface area contributed by atoms with Crippen molar-refractivity contribution in [2.24, 2.45) is 0 Å². The number of carbonyl (C=O) groups excluding carboxylic acids is 2. The van der Waals surface area contributed by atoms with E-state index in [-0.39, 0.29) is 10.7 Å². The summed E-state index contributed by atoms with van der Waals surface area (Å²) in [4.78, 5) is 26.4. The van der Waals surface area contributed by atoms with E-state index >= 15 is 0 Å². The first-order valence-electron chi connectivity index (χ1n) is 8.22. The normalized spacial score (nSPS) is 14.6. The first-order chi connectivity index (χ1) is 12.3. The fourth-order valence-corrected chi connectivity index (χ4v) is 3.15. The van der Waals surface area contributed by atoms with Crippen LogP contribution in [0.1, 0.15) is 30.9 Å². The molecule has 0 atom stereocenters. The summed E-state index contributed by atoms with van der Waals surface area (Å²) in [5.41, 5.74) is 3.00. The van der Waals surface area contributed by atoms with Crippen LogP contribution in [0.25, 0.3) is 0 Å². The summed E-state index contributed by atoms with van der Waals surface area (Å²) in [6.07, 6.45) is 0. The molecule has 0 aromatic heterocycles. The van der Waals surface area contributed by atoms with Gasteiger partial charge in [-0.25, -0.2) is 4.90 Å².